The van der Waals surface area contributed by atoms with Gasteiger partial charge in [0.2, 0.25) is 5.91 Å². The molecule has 0 radical (unpaired) electrons. The van der Waals surface area contributed by atoms with Crippen LogP contribution in [0.25, 0.3) is 0 Å². The van der Waals surface area contributed by atoms with Crippen LogP contribution >= 0.6 is 15.9 Å². The molecule has 2 unspecified atom stereocenters. The molecule has 0 aliphatic carbocycles. The van der Waals surface area contributed by atoms with Crippen LogP contribution in [0.3, 0.4) is 0 Å². The Bertz CT molecular complexity index is 568. The van der Waals surface area contributed by atoms with Gasteiger partial charge in [-0.1, -0.05) is 0 Å². The first-order valence-corrected chi connectivity index (χ1v) is 7.66. The lowest BCUT2D eigenvalue weighted by atomic mass is 9.82. The van der Waals surface area contributed by atoms with E-state index in [-0.39, 0.29) is 12.3 Å². The van der Waals surface area contributed by atoms with Crippen molar-refractivity contribution in [3.05, 3.63) is 28.5 Å². The van der Waals surface area contributed by atoms with E-state index in [1.54, 1.807) is 17.3 Å². The number of carbonyl (C=O) groups is 2. The van der Waals surface area contributed by atoms with Crippen LogP contribution in [0.4, 0.5) is 0 Å². The number of piperidine rings is 1. The molecule has 5 nitrogen and oxygen atoms in total. The number of amides is 1. The molecule has 0 saturated carbocycles. The summed E-state index contributed by atoms with van der Waals surface area (Å²) in [5.74, 6) is -1.50. The van der Waals surface area contributed by atoms with Crippen molar-refractivity contribution in [2.45, 2.75) is 45.2 Å². The SMILES string of the molecule is CC(C)(C)N1C(=O)CCC(C(=O)O)C1c1cncc(Br)c1. The van der Waals surface area contributed by atoms with Crippen LogP contribution in [0.2, 0.25) is 0 Å². The lowest BCUT2D eigenvalue weighted by molar-refractivity contribution is -0.156. The van der Waals surface area contributed by atoms with E-state index in [2.05, 4.69) is 20.9 Å². The first-order chi connectivity index (χ1) is 9.71. The van der Waals surface area contributed by atoms with E-state index < -0.39 is 23.5 Å². The van der Waals surface area contributed by atoms with E-state index in [4.69, 9.17) is 0 Å². The molecule has 1 amide bonds. The van der Waals surface area contributed by atoms with Gasteiger partial charge in [-0.2, -0.15) is 0 Å². The van der Waals surface area contributed by atoms with Crippen molar-refractivity contribution in [2.75, 3.05) is 0 Å². The highest BCUT2D eigenvalue weighted by Gasteiger charge is 2.45. The molecule has 1 aliphatic rings. The number of aromatic nitrogens is 1. The first kappa shape index (κ1) is 15.9. The van der Waals surface area contributed by atoms with Crippen molar-refractivity contribution in [1.82, 2.24) is 9.88 Å². The summed E-state index contributed by atoms with van der Waals surface area (Å²) in [6.07, 6.45) is 3.91. The summed E-state index contributed by atoms with van der Waals surface area (Å²) in [5, 5.41) is 9.54. The summed E-state index contributed by atoms with van der Waals surface area (Å²) in [7, 11) is 0. The smallest absolute Gasteiger partial charge is 0.308 e. The van der Waals surface area contributed by atoms with Crippen molar-refractivity contribution >= 4 is 27.8 Å². The highest BCUT2D eigenvalue weighted by atomic mass is 79.9. The fourth-order valence-electron chi connectivity index (χ4n) is 2.91. The number of likely N-dealkylation sites (tertiary alicyclic amines) is 1. The van der Waals surface area contributed by atoms with Crippen LogP contribution < -0.4 is 0 Å². The lowest BCUT2D eigenvalue weighted by Crippen LogP contribution is -2.53. The zero-order valence-corrected chi connectivity index (χ0v) is 13.9. The Morgan fingerprint density at radius 1 is 1.43 bits per heavy atom. The normalized spacial score (nSPS) is 23.2. The Hall–Kier alpha value is -1.43. The molecule has 1 aromatic rings. The largest absolute Gasteiger partial charge is 0.481 e. The molecule has 1 aliphatic heterocycles. The van der Waals surface area contributed by atoms with Crippen LogP contribution in [0.15, 0.2) is 22.9 Å². The number of rotatable bonds is 2. The van der Waals surface area contributed by atoms with Crippen molar-refractivity contribution in [3.8, 4) is 0 Å². The molecule has 0 spiro atoms. The van der Waals surface area contributed by atoms with E-state index >= 15 is 0 Å². The van der Waals surface area contributed by atoms with E-state index in [1.807, 2.05) is 26.8 Å². The van der Waals surface area contributed by atoms with Crippen LogP contribution in [-0.2, 0) is 9.59 Å². The predicted octanol–water partition coefficient (Wildman–Crippen LogP) is 3.01. The van der Waals surface area contributed by atoms with Gasteiger partial charge in [0.1, 0.15) is 0 Å². The second-order valence-corrected chi connectivity index (χ2v) is 7.21. The van der Waals surface area contributed by atoms with Crippen molar-refractivity contribution in [2.24, 2.45) is 5.92 Å². The third kappa shape index (κ3) is 3.26. The van der Waals surface area contributed by atoms with Gasteiger partial charge in [-0.3, -0.25) is 14.6 Å². The van der Waals surface area contributed by atoms with Gasteiger partial charge in [0.25, 0.3) is 0 Å². The molecule has 2 rings (SSSR count). The Morgan fingerprint density at radius 2 is 2.10 bits per heavy atom. The fourth-order valence-corrected chi connectivity index (χ4v) is 3.30. The van der Waals surface area contributed by atoms with Gasteiger partial charge in [0.15, 0.2) is 0 Å². The maximum atomic E-state index is 12.4. The average Bonchev–Trinajstić information content (AvgIpc) is 2.36. The van der Waals surface area contributed by atoms with Crippen molar-refractivity contribution < 1.29 is 14.7 Å². The van der Waals surface area contributed by atoms with Gasteiger partial charge in [0.05, 0.1) is 12.0 Å². The first-order valence-electron chi connectivity index (χ1n) is 6.87. The topological polar surface area (TPSA) is 70.5 Å². The molecule has 1 fully saturated rings. The van der Waals surface area contributed by atoms with E-state index in [0.29, 0.717) is 6.42 Å². The molecular formula is C15H19BrN2O3. The number of carbonyl (C=O) groups excluding carboxylic acids is 1. The number of pyridine rings is 1. The summed E-state index contributed by atoms with van der Waals surface area (Å²) >= 11 is 3.36. The number of carboxylic acid groups (broad SMARTS) is 1. The monoisotopic (exact) mass is 354 g/mol. The number of carboxylic acids is 1. The minimum atomic E-state index is -0.873. The lowest BCUT2D eigenvalue weighted by Gasteiger charge is -2.47. The van der Waals surface area contributed by atoms with Crippen LogP contribution in [0, 0.1) is 5.92 Å². The number of aliphatic carboxylic acids is 1. The molecule has 2 atom stereocenters. The van der Waals surface area contributed by atoms with E-state index in [0.717, 1.165) is 10.0 Å². The minimum absolute atomic E-state index is 0.00928. The Labute approximate surface area is 132 Å². The predicted molar refractivity (Wildman–Crippen MR) is 81.6 cm³/mol. The Balaban J connectivity index is 2.54. The highest BCUT2D eigenvalue weighted by molar-refractivity contribution is 9.10. The minimum Gasteiger partial charge on any atom is -0.481 e. The summed E-state index contributed by atoms with van der Waals surface area (Å²) in [6, 6.07) is 1.35. The van der Waals surface area contributed by atoms with Crippen LogP contribution in [0.1, 0.15) is 45.2 Å². The maximum absolute atomic E-state index is 12.4. The van der Waals surface area contributed by atoms with Crippen LogP contribution in [0.5, 0.6) is 0 Å². The zero-order valence-electron chi connectivity index (χ0n) is 12.3. The molecule has 0 bridgehead atoms. The summed E-state index contributed by atoms with van der Waals surface area (Å²) in [4.78, 5) is 29.8. The van der Waals surface area contributed by atoms with Gasteiger partial charge >= 0.3 is 5.97 Å². The molecule has 114 valence electrons. The molecule has 2 heterocycles. The summed E-state index contributed by atoms with van der Waals surface area (Å²) < 4.78 is 0.774. The zero-order chi connectivity index (χ0) is 15.8. The third-order valence-electron chi connectivity index (χ3n) is 3.70. The molecule has 1 N–H and O–H groups in total. The summed E-state index contributed by atoms with van der Waals surface area (Å²) in [6.45, 7) is 5.77. The van der Waals surface area contributed by atoms with E-state index in [1.165, 1.54) is 0 Å². The Kier molecular flexibility index (Phi) is 4.37. The quantitative estimate of drug-likeness (QED) is 0.885. The second kappa shape index (κ2) is 5.75. The van der Waals surface area contributed by atoms with Crippen LogP contribution in [-0.4, -0.2) is 32.4 Å². The average molecular weight is 355 g/mol. The molecular weight excluding hydrogens is 336 g/mol. The molecule has 1 saturated heterocycles. The standard InChI is InChI=1S/C15H19BrN2O3/c1-15(2,3)18-12(19)5-4-11(14(20)21)13(18)9-6-10(16)8-17-7-9/h6-8,11,13H,4-5H2,1-3H3,(H,20,21). The number of nitrogens with zero attached hydrogens (tertiary/aromatic N) is 2. The number of hydrogen-bond donors (Lipinski definition) is 1. The van der Waals surface area contributed by atoms with Gasteiger partial charge in [-0.25, -0.2) is 0 Å². The van der Waals surface area contributed by atoms with Gasteiger partial charge in [-0.15, -0.1) is 0 Å². The van der Waals surface area contributed by atoms with Gasteiger partial charge in [0, 0.05) is 28.8 Å². The molecule has 1 aromatic heterocycles. The highest BCUT2D eigenvalue weighted by Crippen LogP contribution is 2.41. The fraction of sp³-hybridized carbons (Fsp3) is 0.533. The van der Waals surface area contributed by atoms with Crippen molar-refractivity contribution in [3.63, 3.8) is 0 Å². The van der Waals surface area contributed by atoms with E-state index in [9.17, 15) is 14.7 Å². The maximum Gasteiger partial charge on any atom is 0.308 e. The number of hydrogen-bond acceptors (Lipinski definition) is 3. The summed E-state index contributed by atoms with van der Waals surface area (Å²) in [5.41, 5.74) is 0.304. The third-order valence-corrected chi connectivity index (χ3v) is 4.14. The molecule has 21 heavy (non-hydrogen) atoms. The number of halogens is 1. The molecule has 0 aromatic carbocycles. The Morgan fingerprint density at radius 3 is 2.62 bits per heavy atom. The van der Waals surface area contributed by atoms with Gasteiger partial charge < -0.3 is 10.0 Å². The second-order valence-electron chi connectivity index (χ2n) is 6.30. The van der Waals surface area contributed by atoms with Crippen molar-refractivity contribution in [1.29, 1.82) is 0 Å². The molecule has 6 heteroatoms. The van der Waals surface area contributed by atoms with Gasteiger partial charge in [-0.05, 0) is 54.8 Å².